The van der Waals surface area contributed by atoms with Crippen LogP contribution in [0.1, 0.15) is 26.3 Å². The van der Waals surface area contributed by atoms with Crippen molar-refractivity contribution in [2.75, 3.05) is 31.2 Å². The van der Waals surface area contributed by atoms with Crippen molar-refractivity contribution in [2.45, 2.75) is 27.2 Å². The van der Waals surface area contributed by atoms with Gasteiger partial charge in [-0.2, -0.15) is 0 Å². The number of allylic oxidation sites excluding steroid dienone is 1. The Bertz CT molecular complexity index is 350. The minimum atomic E-state index is 0.731. The first-order valence-corrected chi connectivity index (χ1v) is 7.16. The van der Waals surface area contributed by atoms with Gasteiger partial charge in [-0.15, -0.1) is 6.58 Å². The molecule has 1 aliphatic rings. The molecule has 1 aliphatic heterocycles. The number of hydrogen-bond donors (Lipinski definition) is 0. The lowest BCUT2D eigenvalue weighted by molar-refractivity contribution is 0.122. The number of morpholine rings is 1. The smallest absolute Gasteiger partial charge is 0.0642 e. The van der Waals surface area contributed by atoms with Crippen LogP contribution in [0.4, 0.5) is 5.69 Å². The van der Waals surface area contributed by atoms with E-state index in [1.54, 1.807) is 6.08 Å². The second-order valence-corrected chi connectivity index (χ2v) is 5.27. The van der Waals surface area contributed by atoms with Crippen LogP contribution in [0.15, 0.2) is 36.9 Å². The summed E-state index contributed by atoms with van der Waals surface area (Å²) >= 11 is 0. The molecule has 0 spiro atoms. The van der Waals surface area contributed by atoms with E-state index in [0.29, 0.717) is 0 Å². The molecular formula is C17H27NO. The summed E-state index contributed by atoms with van der Waals surface area (Å²) in [6.07, 6.45) is 2.92. The number of anilines is 1. The summed E-state index contributed by atoms with van der Waals surface area (Å²) in [4.78, 5) is 2.39. The minimum Gasteiger partial charge on any atom is -0.378 e. The van der Waals surface area contributed by atoms with Crippen LogP contribution in [-0.2, 0) is 11.2 Å². The molecule has 1 saturated heterocycles. The Morgan fingerprint density at radius 1 is 1.21 bits per heavy atom. The molecule has 19 heavy (non-hydrogen) atoms. The van der Waals surface area contributed by atoms with Crippen LogP contribution >= 0.6 is 0 Å². The van der Waals surface area contributed by atoms with Crippen LogP contribution in [0.3, 0.4) is 0 Å². The van der Waals surface area contributed by atoms with E-state index in [1.165, 1.54) is 17.7 Å². The molecule has 0 saturated carbocycles. The van der Waals surface area contributed by atoms with Gasteiger partial charge >= 0.3 is 0 Å². The maximum atomic E-state index is 5.36. The fraction of sp³-hybridized carbons (Fsp3) is 0.529. The van der Waals surface area contributed by atoms with E-state index >= 15 is 0 Å². The topological polar surface area (TPSA) is 12.5 Å². The molecule has 1 fully saturated rings. The summed E-state index contributed by atoms with van der Waals surface area (Å²) < 4.78 is 5.36. The van der Waals surface area contributed by atoms with Gasteiger partial charge in [-0.1, -0.05) is 32.1 Å². The number of hydrogen-bond acceptors (Lipinski definition) is 2. The van der Waals surface area contributed by atoms with E-state index in [9.17, 15) is 0 Å². The Labute approximate surface area is 118 Å². The Morgan fingerprint density at radius 2 is 1.74 bits per heavy atom. The summed E-state index contributed by atoms with van der Waals surface area (Å²) in [5, 5.41) is 0. The monoisotopic (exact) mass is 261 g/mol. The maximum Gasteiger partial charge on any atom is 0.0642 e. The highest BCUT2D eigenvalue weighted by Gasteiger charge is 2.10. The SMILES string of the molecule is C=CC.CC(C)Cc1ccc(N2CCOCC2)cc1. The Kier molecular flexibility index (Phi) is 7.27. The van der Waals surface area contributed by atoms with Crippen LogP contribution in [0.25, 0.3) is 0 Å². The van der Waals surface area contributed by atoms with E-state index in [0.717, 1.165) is 32.2 Å². The van der Waals surface area contributed by atoms with Crippen molar-refractivity contribution in [1.82, 2.24) is 0 Å². The lowest BCUT2D eigenvalue weighted by Gasteiger charge is -2.29. The quantitative estimate of drug-likeness (QED) is 0.765. The summed E-state index contributed by atoms with van der Waals surface area (Å²) in [6, 6.07) is 8.99. The van der Waals surface area contributed by atoms with Crippen molar-refractivity contribution in [3.05, 3.63) is 42.5 Å². The molecule has 1 aromatic carbocycles. The number of ether oxygens (including phenoxy) is 1. The van der Waals surface area contributed by atoms with Gasteiger partial charge in [0.25, 0.3) is 0 Å². The first kappa shape index (κ1) is 15.8. The molecule has 106 valence electrons. The molecule has 0 aliphatic carbocycles. The molecule has 0 atom stereocenters. The van der Waals surface area contributed by atoms with Gasteiger partial charge in [-0.25, -0.2) is 0 Å². The third-order valence-corrected chi connectivity index (χ3v) is 2.96. The molecule has 0 radical (unpaired) electrons. The summed E-state index contributed by atoms with van der Waals surface area (Å²) in [5.41, 5.74) is 2.77. The molecule has 1 aromatic rings. The predicted octanol–water partition coefficient (Wildman–Crippen LogP) is 3.91. The zero-order chi connectivity index (χ0) is 14.1. The highest BCUT2D eigenvalue weighted by Crippen LogP contribution is 2.18. The van der Waals surface area contributed by atoms with Crippen molar-refractivity contribution in [3.8, 4) is 0 Å². The van der Waals surface area contributed by atoms with E-state index in [2.05, 4.69) is 49.6 Å². The molecule has 0 bridgehead atoms. The zero-order valence-electron chi connectivity index (χ0n) is 12.6. The van der Waals surface area contributed by atoms with Gasteiger partial charge in [0.2, 0.25) is 0 Å². The van der Waals surface area contributed by atoms with Gasteiger partial charge in [-0.3, -0.25) is 0 Å². The van der Waals surface area contributed by atoms with Gasteiger partial charge in [0.1, 0.15) is 0 Å². The third kappa shape index (κ3) is 5.93. The molecule has 0 N–H and O–H groups in total. The largest absolute Gasteiger partial charge is 0.378 e. The average molecular weight is 261 g/mol. The van der Waals surface area contributed by atoms with Crippen LogP contribution in [0.5, 0.6) is 0 Å². The van der Waals surface area contributed by atoms with Crippen molar-refractivity contribution < 1.29 is 4.74 Å². The molecular weight excluding hydrogens is 234 g/mol. The van der Waals surface area contributed by atoms with E-state index in [1.807, 2.05) is 6.92 Å². The van der Waals surface area contributed by atoms with Crippen molar-refractivity contribution in [2.24, 2.45) is 5.92 Å². The number of nitrogens with zero attached hydrogens (tertiary/aromatic N) is 1. The summed E-state index contributed by atoms with van der Waals surface area (Å²) in [5.74, 6) is 0.731. The van der Waals surface area contributed by atoms with Crippen LogP contribution < -0.4 is 4.90 Å². The van der Waals surface area contributed by atoms with Gasteiger partial charge in [-0.05, 0) is 37.0 Å². The molecule has 2 nitrogen and oxygen atoms in total. The second-order valence-electron chi connectivity index (χ2n) is 5.27. The van der Waals surface area contributed by atoms with Crippen LogP contribution in [0, 0.1) is 5.92 Å². The van der Waals surface area contributed by atoms with Crippen molar-refractivity contribution >= 4 is 5.69 Å². The molecule has 0 amide bonds. The van der Waals surface area contributed by atoms with Crippen molar-refractivity contribution in [1.29, 1.82) is 0 Å². The molecule has 0 unspecified atom stereocenters. The average Bonchev–Trinajstić information content (AvgIpc) is 2.41. The highest BCUT2D eigenvalue weighted by atomic mass is 16.5. The van der Waals surface area contributed by atoms with Crippen LogP contribution in [0.2, 0.25) is 0 Å². The fourth-order valence-corrected chi connectivity index (χ4v) is 2.14. The minimum absolute atomic E-state index is 0.731. The first-order valence-electron chi connectivity index (χ1n) is 7.16. The zero-order valence-corrected chi connectivity index (χ0v) is 12.6. The Hall–Kier alpha value is -1.28. The molecule has 0 aromatic heterocycles. The van der Waals surface area contributed by atoms with Gasteiger partial charge in [0.05, 0.1) is 13.2 Å². The number of benzene rings is 1. The second kappa shape index (κ2) is 8.76. The summed E-state index contributed by atoms with van der Waals surface area (Å²) in [7, 11) is 0. The normalized spacial score (nSPS) is 14.8. The highest BCUT2D eigenvalue weighted by molar-refractivity contribution is 5.47. The molecule has 1 heterocycles. The third-order valence-electron chi connectivity index (χ3n) is 2.96. The predicted molar refractivity (Wildman–Crippen MR) is 83.9 cm³/mol. The summed E-state index contributed by atoms with van der Waals surface area (Å²) in [6.45, 7) is 13.5. The lowest BCUT2D eigenvalue weighted by atomic mass is 10.0. The molecule has 2 heteroatoms. The number of rotatable bonds is 3. The van der Waals surface area contributed by atoms with Gasteiger partial charge < -0.3 is 9.64 Å². The first-order chi connectivity index (χ1) is 9.17. The van der Waals surface area contributed by atoms with Gasteiger partial charge in [0.15, 0.2) is 0 Å². The van der Waals surface area contributed by atoms with E-state index in [-0.39, 0.29) is 0 Å². The molecule has 2 rings (SSSR count). The van der Waals surface area contributed by atoms with Gasteiger partial charge in [0, 0.05) is 18.8 Å². The standard InChI is InChI=1S/C14H21NO.C3H6/c1-12(2)11-13-3-5-14(6-4-13)15-7-9-16-10-8-15;1-3-2/h3-6,12H,7-11H2,1-2H3;3H,1H2,2H3. The van der Waals surface area contributed by atoms with Crippen LogP contribution in [-0.4, -0.2) is 26.3 Å². The van der Waals surface area contributed by atoms with Crippen molar-refractivity contribution in [3.63, 3.8) is 0 Å². The van der Waals surface area contributed by atoms with E-state index < -0.39 is 0 Å². The fourth-order valence-electron chi connectivity index (χ4n) is 2.14. The lowest BCUT2D eigenvalue weighted by Crippen LogP contribution is -2.36. The maximum absolute atomic E-state index is 5.36. The van der Waals surface area contributed by atoms with E-state index in [4.69, 9.17) is 4.74 Å². The Morgan fingerprint density at radius 3 is 2.21 bits per heavy atom. The Balaban J connectivity index is 0.000000550.